The molecule has 8 bridgehead atoms. The molecule has 0 fully saturated rings. The van der Waals surface area contributed by atoms with E-state index in [0.717, 1.165) is 67.1 Å². The molecule has 0 saturated heterocycles. The third-order valence-corrected chi connectivity index (χ3v) is 9.02. The van der Waals surface area contributed by atoms with Crippen LogP contribution in [-0.4, -0.2) is 42.1 Å². The van der Waals surface area contributed by atoms with Gasteiger partial charge in [-0.25, -0.2) is 0 Å². The Labute approximate surface area is 245 Å². The summed E-state index contributed by atoms with van der Waals surface area (Å²) in [4.78, 5) is 40.3. The molecule has 0 aromatic carbocycles. The van der Waals surface area contributed by atoms with Gasteiger partial charge in [-0.05, 0) is 67.6 Å². The Morgan fingerprint density at radius 3 is 2.05 bits per heavy atom. The van der Waals surface area contributed by atoms with Crippen molar-refractivity contribution in [3.63, 3.8) is 0 Å². The van der Waals surface area contributed by atoms with Crippen molar-refractivity contribution < 1.29 is 19.8 Å². The van der Waals surface area contributed by atoms with Crippen LogP contribution in [0.15, 0.2) is 43.5 Å². The van der Waals surface area contributed by atoms with Gasteiger partial charge in [-0.15, -0.1) is 6.58 Å². The molecule has 4 atom stereocenters. The summed E-state index contributed by atoms with van der Waals surface area (Å²) in [5.41, 5.74) is 10.9. The van der Waals surface area contributed by atoms with Gasteiger partial charge in [0.2, 0.25) is 0 Å². The van der Waals surface area contributed by atoms with Crippen LogP contribution in [0.1, 0.15) is 102 Å². The molecule has 8 heteroatoms. The van der Waals surface area contributed by atoms with Gasteiger partial charge in [0, 0.05) is 81.2 Å². The standard InChI is InChI=1S/C34H38N4O4/c1-7-21-17(3)25-13-26-19(5)23(9-11-33(39)40)31(37-26)16-32-24(10-12-34(41)42)20(6)28(38-32)15-30-22(8-2)18(4)27(36-30)14-29(21)35-25/h7-8,13-16,18-19,22-23,35,38H,1-2,9-12H2,3-6H3,(H,39,40)(H,41,42). The number of carbonyl (C=O) groups is 2. The first-order valence-electron chi connectivity index (χ1n) is 14.4. The number of carboxylic acid groups (broad SMARTS) is 2. The molecule has 3 aromatic rings. The lowest BCUT2D eigenvalue weighted by atomic mass is 9.87. The highest BCUT2D eigenvalue weighted by molar-refractivity contribution is 5.80. The number of aryl methyl sites for hydroxylation is 3. The van der Waals surface area contributed by atoms with Crippen LogP contribution in [0.3, 0.4) is 0 Å². The molecule has 0 aliphatic carbocycles. The van der Waals surface area contributed by atoms with E-state index >= 15 is 0 Å². The van der Waals surface area contributed by atoms with Gasteiger partial charge in [0.05, 0.1) is 5.69 Å². The average molecular weight is 567 g/mol. The summed E-state index contributed by atoms with van der Waals surface area (Å²) < 4.78 is 0. The van der Waals surface area contributed by atoms with Crippen molar-refractivity contribution in [1.82, 2.24) is 19.9 Å². The second-order valence-electron chi connectivity index (χ2n) is 11.5. The fourth-order valence-electron chi connectivity index (χ4n) is 6.43. The number of nitrogens with zero attached hydrogens (tertiary/aromatic N) is 2. The number of H-pyrrole nitrogens is 2. The van der Waals surface area contributed by atoms with E-state index in [4.69, 9.17) is 9.97 Å². The van der Waals surface area contributed by atoms with Crippen molar-refractivity contribution in [2.75, 3.05) is 0 Å². The number of rotatable bonds is 8. The molecule has 5 heterocycles. The Bertz CT molecular complexity index is 1760. The lowest BCUT2D eigenvalue weighted by Crippen LogP contribution is -2.05. The van der Waals surface area contributed by atoms with Gasteiger partial charge in [0.1, 0.15) is 0 Å². The molecule has 8 nitrogen and oxygen atoms in total. The summed E-state index contributed by atoms with van der Waals surface area (Å²) in [6.45, 7) is 16.4. The Morgan fingerprint density at radius 2 is 1.38 bits per heavy atom. The van der Waals surface area contributed by atoms with Crippen LogP contribution in [0.4, 0.5) is 0 Å². The quantitative estimate of drug-likeness (QED) is 0.210. The minimum Gasteiger partial charge on any atom is -0.481 e. The first-order chi connectivity index (χ1) is 20.0. The average Bonchev–Trinajstić information content (AvgIpc) is 3.59. The van der Waals surface area contributed by atoms with Crippen molar-refractivity contribution in [3.05, 3.63) is 88.5 Å². The summed E-state index contributed by atoms with van der Waals surface area (Å²) in [6, 6.07) is 8.16. The lowest BCUT2D eigenvalue weighted by molar-refractivity contribution is -0.138. The zero-order valence-electron chi connectivity index (χ0n) is 24.6. The SMILES string of the molecule is C=Cc1c(C)c2cc3nc(cc4[nH]c(cc5nc(cc1[nH]2)C(C)C5C=C)c(C)c4CCC(=O)O)C(CCC(=O)O)C3C. The van der Waals surface area contributed by atoms with Crippen molar-refractivity contribution in [2.45, 2.75) is 77.0 Å². The molecule has 4 N–H and O–H groups in total. The van der Waals surface area contributed by atoms with Crippen molar-refractivity contribution in [3.8, 4) is 0 Å². The third-order valence-electron chi connectivity index (χ3n) is 9.02. The molecule has 42 heavy (non-hydrogen) atoms. The molecule has 2 aliphatic rings. The van der Waals surface area contributed by atoms with Gasteiger partial charge >= 0.3 is 11.9 Å². The maximum atomic E-state index is 11.5. The Hall–Kier alpha value is -4.46. The van der Waals surface area contributed by atoms with Crippen LogP contribution < -0.4 is 0 Å². The highest BCUT2D eigenvalue weighted by Gasteiger charge is 2.30. The van der Waals surface area contributed by atoms with Crippen LogP contribution >= 0.6 is 0 Å². The van der Waals surface area contributed by atoms with Gasteiger partial charge in [-0.2, -0.15) is 0 Å². The van der Waals surface area contributed by atoms with E-state index in [1.165, 1.54) is 0 Å². The predicted molar refractivity (Wildman–Crippen MR) is 166 cm³/mol. The van der Waals surface area contributed by atoms with E-state index in [0.29, 0.717) is 12.8 Å². The van der Waals surface area contributed by atoms with E-state index in [1.54, 1.807) is 0 Å². The summed E-state index contributed by atoms with van der Waals surface area (Å²) in [5, 5.41) is 18.9. The van der Waals surface area contributed by atoms with Crippen molar-refractivity contribution in [2.24, 2.45) is 0 Å². The van der Waals surface area contributed by atoms with Gasteiger partial charge in [0.15, 0.2) is 0 Å². The van der Waals surface area contributed by atoms with Gasteiger partial charge in [0.25, 0.3) is 0 Å². The molecular formula is C34H38N4O4. The highest BCUT2D eigenvalue weighted by atomic mass is 16.4. The molecule has 0 spiro atoms. The number of hydrogen-bond donors (Lipinski definition) is 4. The van der Waals surface area contributed by atoms with Crippen molar-refractivity contribution >= 4 is 40.1 Å². The molecule has 218 valence electrons. The minimum absolute atomic E-state index is 0.00452. The molecule has 4 unspecified atom stereocenters. The lowest BCUT2D eigenvalue weighted by Gasteiger charge is -2.14. The monoisotopic (exact) mass is 566 g/mol. The summed E-state index contributed by atoms with van der Waals surface area (Å²) in [7, 11) is 0. The summed E-state index contributed by atoms with van der Waals surface area (Å²) >= 11 is 0. The second kappa shape index (κ2) is 11.4. The molecule has 5 rings (SSSR count). The fraction of sp³-hybridized carbons (Fsp3) is 0.353. The van der Waals surface area contributed by atoms with Gasteiger partial charge in [-0.1, -0.05) is 32.6 Å². The van der Waals surface area contributed by atoms with E-state index in [1.807, 2.05) is 31.2 Å². The molecule has 2 aliphatic heterocycles. The molecular weight excluding hydrogens is 528 g/mol. The van der Waals surface area contributed by atoms with Gasteiger partial charge in [-0.3, -0.25) is 19.6 Å². The summed E-state index contributed by atoms with van der Waals surface area (Å²) in [6.07, 6.45) is 4.61. The number of aromatic amines is 2. The maximum absolute atomic E-state index is 11.5. The first-order valence-corrected chi connectivity index (χ1v) is 14.4. The zero-order chi connectivity index (χ0) is 30.3. The molecule has 0 saturated carbocycles. The largest absolute Gasteiger partial charge is 0.481 e. The Balaban J connectivity index is 1.89. The fourth-order valence-corrected chi connectivity index (χ4v) is 6.43. The number of aromatic nitrogens is 4. The van der Waals surface area contributed by atoms with Crippen LogP contribution in [0, 0.1) is 13.8 Å². The second-order valence-corrected chi connectivity index (χ2v) is 11.5. The predicted octanol–water partition coefficient (Wildman–Crippen LogP) is 7.42. The highest BCUT2D eigenvalue weighted by Crippen LogP contribution is 2.41. The van der Waals surface area contributed by atoms with E-state index < -0.39 is 11.9 Å². The number of fused-ring (bicyclic) bond motifs is 8. The number of allylic oxidation sites excluding steroid dienone is 1. The van der Waals surface area contributed by atoms with E-state index in [9.17, 15) is 19.8 Å². The number of hydrogen-bond acceptors (Lipinski definition) is 4. The topological polar surface area (TPSA) is 132 Å². The number of carboxylic acids is 2. The van der Waals surface area contributed by atoms with Crippen LogP contribution in [-0.2, 0) is 16.0 Å². The van der Waals surface area contributed by atoms with Gasteiger partial charge < -0.3 is 20.2 Å². The molecule has 0 amide bonds. The number of aliphatic carboxylic acids is 2. The zero-order valence-corrected chi connectivity index (χ0v) is 24.6. The minimum atomic E-state index is -0.864. The van der Waals surface area contributed by atoms with E-state index in [-0.39, 0.29) is 36.5 Å². The van der Waals surface area contributed by atoms with Crippen LogP contribution in [0.5, 0.6) is 0 Å². The first kappa shape index (κ1) is 29.0. The van der Waals surface area contributed by atoms with E-state index in [2.05, 4.69) is 56.0 Å². The van der Waals surface area contributed by atoms with Crippen LogP contribution in [0.2, 0.25) is 0 Å². The molecule has 0 radical (unpaired) electrons. The third kappa shape index (κ3) is 5.29. The smallest absolute Gasteiger partial charge is 0.303 e. The number of nitrogens with one attached hydrogen (secondary N) is 2. The molecule has 3 aromatic heterocycles. The maximum Gasteiger partial charge on any atom is 0.303 e. The van der Waals surface area contributed by atoms with Crippen molar-refractivity contribution in [1.29, 1.82) is 0 Å². The Kier molecular flexibility index (Phi) is 7.91. The Morgan fingerprint density at radius 1 is 0.810 bits per heavy atom. The summed E-state index contributed by atoms with van der Waals surface area (Å²) in [5.74, 6) is -1.71. The normalized spacial score (nSPS) is 19.9. The van der Waals surface area contributed by atoms with Crippen LogP contribution in [0.25, 0.3) is 28.1 Å².